The van der Waals surface area contributed by atoms with Crippen molar-refractivity contribution in [3.05, 3.63) is 76.5 Å². The van der Waals surface area contributed by atoms with Crippen molar-refractivity contribution < 1.29 is 23.1 Å². The third-order valence-electron chi connectivity index (χ3n) is 3.56. The minimum Gasteiger partial charge on any atom is -0.459 e. The molecule has 0 radical (unpaired) electrons. The SMILES string of the molecule is O=C(NCCNC(=O)c1cccnc1Oc1ccc(F)cc1Br)c1ccco1. The summed E-state index contributed by atoms with van der Waals surface area (Å²) >= 11 is 3.21. The van der Waals surface area contributed by atoms with Crippen molar-refractivity contribution >= 4 is 27.7 Å². The number of pyridine rings is 1. The number of amides is 2. The Bertz CT molecular complexity index is 979. The molecule has 0 aliphatic carbocycles. The summed E-state index contributed by atoms with van der Waals surface area (Å²) in [6.45, 7) is 0.408. The molecule has 2 N–H and O–H groups in total. The molecular formula is C19H15BrFN3O4. The maximum absolute atomic E-state index is 13.2. The van der Waals surface area contributed by atoms with Crippen LogP contribution in [-0.4, -0.2) is 29.9 Å². The summed E-state index contributed by atoms with van der Waals surface area (Å²) in [7, 11) is 0. The van der Waals surface area contributed by atoms with E-state index in [1.54, 1.807) is 24.3 Å². The maximum atomic E-state index is 13.2. The summed E-state index contributed by atoms with van der Waals surface area (Å²) in [6, 6.07) is 10.2. The zero-order valence-electron chi connectivity index (χ0n) is 14.4. The number of nitrogens with one attached hydrogen (secondary N) is 2. The molecule has 0 fully saturated rings. The highest BCUT2D eigenvalue weighted by molar-refractivity contribution is 9.10. The van der Waals surface area contributed by atoms with E-state index in [2.05, 4.69) is 31.5 Å². The van der Waals surface area contributed by atoms with Gasteiger partial charge < -0.3 is 19.8 Å². The van der Waals surface area contributed by atoms with Crippen molar-refractivity contribution in [2.24, 2.45) is 0 Å². The summed E-state index contributed by atoms with van der Waals surface area (Å²) in [5.74, 6) is -0.625. The molecule has 28 heavy (non-hydrogen) atoms. The quantitative estimate of drug-likeness (QED) is 0.540. The Hall–Kier alpha value is -3.20. The number of hydrogen-bond donors (Lipinski definition) is 2. The number of nitrogens with zero attached hydrogens (tertiary/aromatic N) is 1. The number of furan rings is 1. The first kappa shape index (κ1) is 19.6. The van der Waals surface area contributed by atoms with Crippen LogP contribution < -0.4 is 15.4 Å². The smallest absolute Gasteiger partial charge is 0.287 e. The Morgan fingerprint density at radius 2 is 1.89 bits per heavy atom. The van der Waals surface area contributed by atoms with Gasteiger partial charge in [0.05, 0.1) is 10.7 Å². The zero-order valence-corrected chi connectivity index (χ0v) is 16.0. The van der Waals surface area contributed by atoms with Crippen LogP contribution in [0.4, 0.5) is 4.39 Å². The van der Waals surface area contributed by atoms with E-state index in [1.165, 1.54) is 30.7 Å². The van der Waals surface area contributed by atoms with Crippen LogP contribution in [0.1, 0.15) is 20.9 Å². The molecule has 0 aliphatic heterocycles. The van der Waals surface area contributed by atoms with Gasteiger partial charge in [-0.3, -0.25) is 9.59 Å². The molecule has 0 saturated carbocycles. The molecule has 2 amide bonds. The second kappa shape index (κ2) is 9.14. The summed E-state index contributed by atoms with van der Waals surface area (Å²) in [5, 5.41) is 5.30. The molecule has 0 bridgehead atoms. The van der Waals surface area contributed by atoms with Crippen molar-refractivity contribution in [1.29, 1.82) is 0 Å². The number of carbonyl (C=O) groups is 2. The van der Waals surface area contributed by atoms with Crippen molar-refractivity contribution in [2.45, 2.75) is 0 Å². The number of carbonyl (C=O) groups excluding carboxylic acids is 2. The lowest BCUT2D eigenvalue weighted by atomic mass is 10.2. The average Bonchev–Trinajstić information content (AvgIpc) is 3.22. The van der Waals surface area contributed by atoms with Crippen LogP contribution in [-0.2, 0) is 0 Å². The summed E-state index contributed by atoms with van der Waals surface area (Å²) < 4.78 is 24.2. The Labute approximate surface area is 168 Å². The molecule has 2 heterocycles. The molecule has 9 heteroatoms. The molecule has 144 valence electrons. The first-order valence-corrected chi connectivity index (χ1v) is 9.01. The molecule has 7 nitrogen and oxygen atoms in total. The summed E-state index contributed by atoms with van der Waals surface area (Å²) in [6.07, 6.45) is 2.88. The zero-order chi connectivity index (χ0) is 19.9. The van der Waals surface area contributed by atoms with Crippen LogP contribution in [0.2, 0.25) is 0 Å². The van der Waals surface area contributed by atoms with Gasteiger partial charge in [-0.2, -0.15) is 0 Å². The van der Waals surface area contributed by atoms with E-state index < -0.39 is 11.7 Å². The number of rotatable bonds is 7. The topological polar surface area (TPSA) is 93.5 Å². The number of ether oxygens (including phenoxy) is 1. The first-order valence-electron chi connectivity index (χ1n) is 8.22. The van der Waals surface area contributed by atoms with Crippen molar-refractivity contribution in [3.63, 3.8) is 0 Å². The van der Waals surface area contributed by atoms with E-state index in [0.29, 0.717) is 10.2 Å². The minimum atomic E-state index is -0.423. The third kappa shape index (κ3) is 4.95. The van der Waals surface area contributed by atoms with Gasteiger partial charge in [-0.05, 0) is 58.4 Å². The fraction of sp³-hybridized carbons (Fsp3) is 0.105. The lowest BCUT2D eigenvalue weighted by Gasteiger charge is -2.11. The lowest BCUT2D eigenvalue weighted by molar-refractivity contribution is 0.0909. The number of hydrogen-bond acceptors (Lipinski definition) is 5. The Morgan fingerprint density at radius 1 is 1.11 bits per heavy atom. The molecule has 0 saturated heterocycles. The number of benzene rings is 1. The summed E-state index contributed by atoms with van der Waals surface area (Å²) in [5.41, 5.74) is 0.205. The highest BCUT2D eigenvalue weighted by Crippen LogP contribution is 2.30. The van der Waals surface area contributed by atoms with Gasteiger partial charge in [-0.25, -0.2) is 9.37 Å². The fourth-order valence-electron chi connectivity index (χ4n) is 2.25. The minimum absolute atomic E-state index is 0.0759. The fourth-order valence-corrected chi connectivity index (χ4v) is 2.68. The molecule has 0 aliphatic rings. The van der Waals surface area contributed by atoms with Crippen molar-refractivity contribution in [1.82, 2.24) is 15.6 Å². The highest BCUT2D eigenvalue weighted by Gasteiger charge is 2.15. The Balaban J connectivity index is 1.58. The standard InChI is InChI=1S/C19H15BrFN3O4/c20-14-11-12(21)5-6-15(14)28-19-13(3-1-7-24-19)17(25)22-8-9-23-18(26)16-4-2-10-27-16/h1-7,10-11H,8-9H2,(H,22,25)(H,23,26). The van der Waals surface area contributed by atoms with Crippen LogP contribution in [0.15, 0.2) is 63.8 Å². The second-order valence-electron chi connectivity index (χ2n) is 5.52. The van der Waals surface area contributed by atoms with Gasteiger partial charge in [0.2, 0.25) is 5.88 Å². The predicted molar refractivity (Wildman–Crippen MR) is 102 cm³/mol. The Kier molecular flexibility index (Phi) is 6.38. The van der Waals surface area contributed by atoms with Crippen molar-refractivity contribution in [3.8, 4) is 11.6 Å². The molecule has 1 aromatic carbocycles. The summed E-state index contributed by atoms with van der Waals surface area (Å²) in [4.78, 5) is 28.3. The number of aromatic nitrogens is 1. The van der Waals surface area contributed by atoms with Gasteiger partial charge in [0, 0.05) is 19.3 Å². The van der Waals surface area contributed by atoms with Gasteiger partial charge in [-0.15, -0.1) is 0 Å². The van der Waals surface area contributed by atoms with Gasteiger partial charge >= 0.3 is 0 Å². The van der Waals surface area contributed by atoms with Crippen LogP contribution in [0.5, 0.6) is 11.6 Å². The van der Waals surface area contributed by atoms with E-state index >= 15 is 0 Å². The maximum Gasteiger partial charge on any atom is 0.287 e. The molecule has 0 unspecified atom stereocenters. The molecule has 3 aromatic rings. The lowest BCUT2D eigenvalue weighted by Crippen LogP contribution is -2.34. The van der Waals surface area contributed by atoms with Crippen LogP contribution in [0.3, 0.4) is 0 Å². The molecule has 0 atom stereocenters. The van der Waals surface area contributed by atoms with Gasteiger partial charge in [0.1, 0.15) is 17.1 Å². The van der Waals surface area contributed by atoms with E-state index in [0.717, 1.165) is 0 Å². The second-order valence-corrected chi connectivity index (χ2v) is 6.38. The van der Waals surface area contributed by atoms with Crippen molar-refractivity contribution in [2.75, 3.05) is 13.1 Å². The van der Waals surface area contributed by atoms with E-state index in [1.807, 2.05) is 0 Å². The van der Waals surface area contributed by atoms with Gasteiger partial charge in [-0.1, -0.05) is 0 Å². The van der Waals surface area contributed by atoms with Crippen LogP contribution in [0, 0.1) is 5.82 Å². The predicted octanol–water partition coefficient (Wildman–Crippen LogP) is 3.53. The monoisotopic (exact) mass is 447 g/mol. The van der Waals surface area contributed by atoms with E-state index in [-0.39, 0.29) is 36.2 Å². The molecular weight excluding hydrogens is 433 g/mol. The number of halogens is 2. The molecule has 3 rings (SSSR count). The van der Waals surface area contributed by atoms with Crippen LogP contribution >= 0.6 is 15.9 Å². The average molecular weight is 448 g/mol. The first-order chi connectivity index (χ1) is 13.5. The van der Waals surface area contributed by atoms with Gasteiger partial charge in [0.15, 0.2) is 5.76 Å². The van der Waals surface area contributed by atoms with Gasteiger partial charge in [0.25, 0.3) is 11.8 Å². The largest absolute Gasteiger partial charge is 0.459 e. The van der Waals surface area contributed by atoms with E-state index in [9.17, 15) is 14.0 Å². The van der Waals surface area contributed by atoms with E-state index in [4.69, 9.17) is 9.15 Å². The molecule has 2 aromatic heterocycles. The normalized spacial score (nSPS) is 10.4. The highest BCUT2D eigenvalue weighted by atomic mass is 79.9. The van der Waals surface area contributed by atoms with Crippen LogP contribution in [0.25, 0.3) is 0 Å². The third-order valence-corrected chi connectivity index (χ3v) is 4.18. The molecule has 0 spiro atoms. The Morgan fingerprint density at radius 3 is 2.61 bits per heavy atom.